The molecule has 22 heavy (non-hydrogen) atoms. The molecule has 0 saturated carbocycles. The van der Waals surface area contributed by atoms with Crippen molar-refractivity contribution in [1.29, 1.82) is 0 Å². The van der Waals surface area contributed by atoms with Crippen LogP contribution in [0.3, 0.4) is 0 Å². The quantitative estimate of drug-likeness (QED) is 0.638. The Labute approximate surface area is 125 Å². The summed E-state index contributed by atoms with van der Waals surface area (Å²) in [6.45, 7) is 3.82. The Hall–Kier alpha value is -2.84. The molecule has 0 spiro atoms. The zero-order valence-corrected chi connectivity index (χ0v) is 12.1. The molecule has 1 heterocycles. The summed E-state index contributed by atoms with van der Waals surface area (Å²) >= 11 is 0. The Bertz CT molecular complexity index is 680. The molecule has 0 amide bonds. The van der Waals surface area contributed by atoms with Crippen molar-refractivity contribution < 1.29 is 14.8 Å². The lowest BCUT2D eigenvalue weighted by molar-refractivity contribution is -0.384. The van der Waals surface area contributed by atoms with Crippen LogP contribution in [0.5, 0.6) is 0 Å². The second-order valence-electron chi connectivity index (χ2n) is 5.23. The first-order valence-corrected chi connectivity index (χ1v) is 6.65. The second kappa shape index (κ2) is 6.29. The van der Waals surface area contributed by atoms with Gasteiger partial charge in [-0.1, -0.05) is 13.8 Å². The van der Waals surface area contributed by atoms with Gasteiger partial charge in [-0.05, 0) is 34.9 Å². The van der Waals surface area contributed by atoms with Gasteiger partial charge in [0.25, 0.3) is 5.69 Å². The van der Waals surface area contributed by atoms with Crippen LogP contribution in [-0.2, 0) is 4.79 Å². The van der Waals surface area contributed by atoms with Crippen LogP contribution in [-0.4, -0.2) is 36.2 Å². The molecule has 9 nitrogen and oxygen atoms in total. The fourth-order valence-electron chi connectivity index (χ4n) is 2.08. The molecule has 1 aromatic carbocycles. The van der Waals surface area contributed by atoms with Crippen LogP contribution in [0.1, 0.15) is 26.3 Å². The normalized spacial score (nSPS) is 12.3. The number of aromatic nitrogens is 4. The molecule has 1 aromatic heterocycles. The van der Waals surface area contributed by atoms with E-state index in [1.54, 1.807) is 0 Å². The first kappa shape index (κ1) is 15.5. The average molecular weight is 305 g/mol. The molecule has 0 aliphatic carbocycles. The van der Waals surface area contributed by atoms with Crippen molar-refractivity contribution in [2.75, 3.05) is 0 Å². The molecule has 1 unspecified atom stereocenters. The van der Waals surface area contributed by atoms with Gasteiger partial charge in [0.2, 0.25) is 0 Å². The predicted molar refractivity (Wildman–Crippen MR) is 76.0 cm³/mol. The summed E-state index contributed by atoms with van der Waals surface area (Å²) in [4.78, 5) is 21.6. The largest absolute Gasteiger partial charge is 0.480 e. The molecule has 0 radical (unpaired) electrons. The maximum atomic E-state index is 11.5. The van der Waals surface area contributed by atoms with E-state index in [1.165, 1.54) is 28.9 Å². The summed E-state index contributed by atoms with van der Waals surface area (Å²) in [5.41, 5.74) is 0.463. The van der Waals surface area contributed by atoms with Gasteiger partial charge in [0, 0.05) is 17.7 Å². The Morgan fingerprint density at radius 3 is 2.50 bits per heavy atom. The second-order valence-corrected chi connectivity index (χ2v) is 5.23. The van der Waals surface area contributed by atoms with Crippen molar-refractivity contribution in [3.8, 4) is 11.4 Å². The first-order valence-electron chi connectivity index (χ1n) is 6.65. The molecule has 0 aliphatic rings. The van der Waals surface area contributed by atoms with Gasteiger partial charge in [-0.25, -0.2) is 9.48 Å². The van der Waals surface area contributed by atoms with Gasteiger partial charge in [-0.15, -0.1) is 5.10 Å². The number of hydrogen-bond donors (Lipinski definition) is 1. The van der Waals surface area contributed by atoms with E-state index in [9.17, 15) is 20.0 Å². The molecule has 2 aromatic rings. The van der Waals surface area contributed by atoms with E-state index >= 15 is 0 Å². The van der Waals surface area contributed by atoms with Crippen molar-refractivity contribution in [3.63, 3.8) is 0 Å². The van der Waals surface area contributed by atoms with Crippen LogP contribution in [0.15, 0.2) is 24.3 Å². The number of carboxylic acids is 1. The third-order valence-corrected chi connectivity index (χ3v) is 3.10. The number of carbonyl (C=O) groups is 1. The van der Waals surface area contributed by atoms with E-state index in [1.807, 2.05) is 13.8 Å². The van der Waals surface area contributed by atoms with E-state index in [0.717, 1.165) is 0 Å². The molecule has 2 rings (SSSR count). The van der Waals surface area contributed by atoms with Crippen molar-refractivity contribution in [2.24, 2.45) is 5.92 Å². The Kier molecular flexibility index (Phi) is 4.44. The maximum Gasteiger partial charge on any atom is 0.328 e. The Balaban J connectivity index is 2.39. The summed E-state index contributed by atoms with van der Waals surface area (Å²) in [5.74, 6) is -0.609. The van der Waals surface area contributed by atoms with Crippen molar-refractivity contribution in [1.82, 2.24) is 20.2 Å². The standard InChI is InChI=1S/C13H15N5O4/c1-8(2)7-11(13(19)20)17-12(14-15-16-17)9-3-5-10(6-4-9)18(21)22/h3-6,8,11H,7H2,1-2H3,(H,19,20). The zero-order chi connectivity index (χ0) is 16.3. The van der Waals surface area contributed by atoms with E-state index < -0.39 is 16.9 Å². The highest BCUT2D eigenvalue weighted by Crippen LogP contribution is 2.25. The van der Waals surface area contributed by atoms with E-state index in [-0.39, 0.29) is 17.4 Å². The predicted octanol–water partition coefficient (Wildman–Crippen LogP) is 1.92. The number of aliphatic carboxylic acids is 1. The van der Waals surface area contributed by atoms with Crippen LogP contribution in [0.2, 0.25) is 0 Å². The fraction of sp³-hybridized carbons (Fsp3) is 0.385. The topological polar surface area (TPSA) is 124 Å². The minimum atomic E-state index is -1.02. The van der Waals surface area contributed by atoms with Gasteiger partial charge in [0.1, 0.15) is 0 Å². The highest BCUT2D eigenvalue weighted by molar-refractivity contribution is 5.73. The highest BCUT2D eigenvalue weighted by atomic mass is 16.6. The molecule has 0 fully saturated rings. The molecule has 0 saturated heterocycles. The maximum absolute atomic E-state index is 11.5. The van der Waals surface area contributed by atoms with Gasteiger partial charge in [0.15, 0.2) is 11.9 Å². The fourth-order valence-corrected chi connectivity index (χ4v) is 2.08. The Morgan fingerprint density at radius 2 is 2.00 bits per heavy atom. The van der Waals surface area contributed by atoms with Gasteiger partial charge in [0.05, 0.1) is 4.92 Å². The molecule has 0 bridgehead atoms. The van der Waals surface area contributed by atoms with Gasteiger partial charge < -0.3 is 5.11 Å². The third kappa shape index (κ3) is 3.25. The van der Waals surface area contributed by atoms with Gasteiger partial charge in [-0.2, -0.15) is 0 Å². The van der Waals surface area contributed by atoms with Gasteiger partial charge in [-0.3, -0.25) is 10.1 Å². The number of hydrogen-bond acceptors (Lipinski definition) is 6. The minimum absolute atomic E-state index is 0.0558. The summed E-state index contributed by atoms with van der Waals surface area (Å²) in [5, 5.41) is 31.2. The van der Waals surface area contributed by atoms with E-state index in [0.29, 0.717) is 12.0 Å². The monoisotopic (exact) mass is 305 g/mol. The number of benzene rings is 1. The SMILES string of the molecule is CC(C)CC(C(=O)O)n1nnnc1-c1ccc([N+](=O)[O-])cc1. The number of non-ortho nitro benzene ring substituents is 1. The lowest BCUT2D eigenvalue weighted by Crippen LogP contribution is -2.23. The number of rotatable bonds is 6. The minimum Gasteiger partial charge on any atom is -0.480 e. The summed E-state index contributed by atoms with van der Waals surface area (Å²) in [6.07, 6.45) is 0.375. The van der Waals surface area contributed by atoms with Crippen LogP contribution >= 0.6 is 0 Å². The molecule has 1 N–H and O–H groups in total. The van der Waals surface area contributed by atoms with Crippen molar-refractivity contribution in [2.45, 2.75) is 26.3 Å². The van der Waals surface area contributed by atoms with Crippen LogP contribution in [0, 0.1) is 16.0 Å². The van der Waals surface area contributed by atoms with Crippen LogP contribution < -0.4 is 0 Å². The molecular formula is C13H15N5O4. The molecule has 9 heteroatoms. The number of nitro groups is 1. The molecule has 1 atom stereocenters. The first-order chi connectivity index (χ1) is 10.4. The average Bonchev–Trinajstić information content (AvgIpc) is 2.93. The van der Waals surface area contributed by atoms with Crippen LogP contribution in [0.4, 0.5) is 5.69 Å². The third-order valence-electron chi connectivity index (χ3n) is 3.10. The van der Waals surface area contributed by atoms with Crippen LogP contribution in [0.25, 0.3) is 11.4 Å². The highest BCUT2D eigenvalue weighted by Gasteiger charge is 2.26. The zero-order valence-electron chi connectivity index (χ0n) is 12.1. The summed E-state index contributed by atoms with van der Waals surface area (Å²) in [7, 11) is 0. The number of tetrazole rings is 1. The summed E-state index contributed by atoms with van der Waals surface area (Å²) < 4.78 is 1.24. The number of nitrogens with zero attached hydrogens (tertiary/aromatic N) is 5. The van der Waals surface area contributed by atoms with Crippen molar-refractivity contribution >= 4 is 11.7 Å². The van der Waals surface area contributed by atoms with E-state index in [4.69, 9.17) is 0 Å². The molecule has 0 aliphatic heterocycles. The van der Waals surface area contributed by atoms with Crippen molar-refractivity contribution in [3.05, 3.63) is 34.4 Å². The van der Waals surface area contributed by atoms with E-state index in [2.05, 4.69) is 15.5 Å². The lowest BCUT2D eigenvalue weighted by atomic mass is 10.0. The Morgan fingerprint density at radius 1 is 1.36 bits per heavy atom. The molecule has 116 valence electrons. The molecular weight excluding hydrogens is 290 g/mol. The number of nitro benzene ring substituents is 1. The van der Waals surface area contributed by atoms with Gasteiger partial charge >= 0.3 is 5.97 Å². The number of carboxylic acid groups (broad SMARTS) is 1. The lowest BCUT2D eigenvalue weighted by Gasteiger charge is -2.15. The smallest absolute Gasteiger partial charge is 0.328 e. The summed E-state index contributed by atoms with van der Waals surface area (Å²) in [6, 6.07) is 4.75.